The first kappa shape index (κ1) is 8.45. The summed E-state index contributed by atoms with van der Waals surface area (Å²) in [7, 11) is 3.20. The number of amides is 1. The summed E-state index contributed by atoms with van der Waals surface area (Å²) in [6.07, 6.45) is 3.20. The van der Waals surface area contributed by atoms with E-state index in [1.165, 1.54) is 0 Å². The van der Waals surface area contributed by atoms with Gasteiger partial charge in [0.05, 0.1) is 0 Å². The van der Waals surface area contributed by atoms with Crippen LogP contribution in [0, 0.1) is 0 Å². The molecule has 0 atom stereocenters. The molecule has 64 valence electrons. The lowest BCUT2D eigenvalue weighted by molar-refractivity contribution is 0.0958. The number of carbonyl (C=O) groups excluding carboxylic acids is 1. The molecular weight excluding hydrogens is 156 g/mol. The highest BCUT2D eigenvalue weighted by Crippen LogP contribution is 2.00. The zero-order valence-corrected chi connectivity index (χ0v) is 6.96. The first-order valence-electron chi connectivity index (χ1n) is 3.47. The Bertz CT molecular complexity index is 302. The van der Waals surface area contributed by atoms with E-state index < -0.39 is 0 Å². The van der Waals surface area contributed by atoms with E-state index in [1.54, 1.807) is 26.5 Å². The van der Waals surface area contributed by atoms with Gasteiger partial charge in [0.1, 0.15) is 0 Å². The molecular formula is C7H10N4O. The van der Waals surface area contributed by atoms with Crippen LogP contribution in [0.2, 0.25) is 0 Å². The van der Waals surface area contributed by atoms with Crippen LogP contribution in [0.1, 0.15) is 16.1 Å². The monoisotopic (exact) mass is 166 g/mol. The van der Waals surface area contributed by atoms with Gasteiger partial charge in [-0.3, -0.25) is 14.9 Å². The van der Waals surface area contributed by atoms with Crippen molar-refractivity contribution in [2.75, 3.05) is 14.1 Å². The highest BCUT2D eigenvalue weighted by atomic mass is 16.1. The second-order valence-corrected chi connectivity index (χ2v) is 2.16. The number of H-pyrrole nitrogens is 1. The Kier molecular flexibility index (Phi) is 2.57. The van der Waals surface area contributed by atoms with Crippen LogP contribution in [0.3, 0.4) is 0 Å². The molecule has 1 aromatic rings. The lowest BCUT2D eigenvalue weighted by Gasteiger charge is -1.94. The molecule has 0 aliphatic rings. The predicted octanol–water partition coefficient (Wildman–Crippen LogP) is -0.182. The number of hydrogen-bond acceptors (Lipinski definition) is 3. The second kappa shape index (κ2) is 3.66. The fourth-order valence-electron chi connectivity index (χ4n) is 0.837. The molecule has 1 amide bonds. The molecule has 0 spiro atoms. The normalized spacial score (nSPS) is 10.5. The largest absolute Gasteiger partial charge is 0.354 e. The highest BCUT2D eigenvalue weighted by Gasteiger charge is 2.10. The van der Waals surface area contributed by atoms with Crippen LogP contribution in [0.4, 0.5) is 0 Å². The number of carbonyl (C=O) groups is 1. The predicted molar refractivity (Wildman–Crippen MR) is 45.5 cm³/mol. The molecule has 0 aliphatic heterocycles. The third-order valence-electron chi connectivity index (χ3n) is 1.38. The molecule has 12 heavy (non-hydrogen) atoms. The maximum absolute atomic E-state index is 11.1. The number of nitrogens with zero attached hydrogens (tertiary/aromatic N) is 2. The van der Waals surface area contributed by atoms with E-state index in [4.69, 9.17) is 0 Å². The standard InChI is InChI=1S/C7H10N4O/c1-8-3-5-4-10-11-6(5)7(12)9-2/h3-4H,1-2H3,(H,9,12)(H,10,11)/b8-3-. The number of nitrogens with one attached hydrogen (secondary N) is 2. The Hall–Kier alpha value is -1.65. The quantitative estimate of drug-likeness (QED) is 0.598. The van der Waals surface area contributed by atoms with Gasteiger partial charge in [0, 0.05) is 32.1 Å². The highest BCUT2D eigenvalue weighted by molar-refractivity contribution is 6.00. The summed E-state index contributed by atoms with van der Waals surface area (Å²) in [5, 5.41) is 8.86. The molecule has 0 saturated carbocycles. The van der Waals surface area contributed by atoms with Crippen LogP contribution >= 0.6 is 0 Å². The minimum Gasteiger partial charge on any atom is -0.354 e. The molecule has 1 heterocycles. The van der Waals surface area contributed by atoms with Gasteiger partial charge in [0.15, 0.2) is 5.69 Å². The second-order valence-electron chi connectivity index (χ2n) is 2.16. The van der Waals surface area contributed by atoms with Crippen molar-refractivity contribution in [2.24, 2.45) is 4.99 Å². The van der Waals surface area contributed by atoms with Gasteiger partial charge >= 0.3 is 0 Å². The van der Waals surface area contributed by atoms with E-state index >= 15 is 0 Å². The fraction of sp³-hybridized carbons (Fsp3) is 0.286. The molecule has 0 fully saturated rings. The average Bonchev–Trinajstić information content (AvgIpc) is 2.52. The van der Waals surface area contributed by atoms with Gasteiger partial charge in [-0.25, -0.2) is 0 Å². The van der Waals surface area contributed by atoms with Crippen LogP contribution < -0.4 is 5.32 Å². The Morgan fingerprint density at radius 3 is 3.17 bits per heavy atom. The SMILES string of the molecule is C/N=C\c1c[nH]nc1C(=O)NC. The summed E-state index contributed by atoms with van der Waals surface area (Å²) in [4.78, 5) is 14.9. The topological polar surface area (TPSA) is 70.1 Å². The lowest BCUT2D eigenvalue weighted by atomic mass is 10.2. The molecule has 1 rings (SSSR count). The Morgan fingerprint density at radius 2 is 2.58 bits per heavy atom. The maximum atomic E-state index is 11.1. The zero-order valence-electron chi connectivity index (χ0n) is 6.96. The van der Waals surface area contributed by atoms with E-state index in [0.717, 1.165) is 0 Å². The number of aromatic amines is 1. The van der Waals surface area contributed by atoms with Gasteiger partial charge in [0.2, 0.25) is 0 Å². The van der Waals surface area contributed by atoms with E-state index in [9.17, 15) is 4.79 Å². The fourth-order valence-corrected chi connectivity index (χ4v) is 0.837. The smallest absolute Gasteiger partial charge is 0.272 e. The van der Waals surface area contributed by atoms with E-state index in [-0.39, 0.29) is 5.91 Å². The molecule has 5 nitrogen and oxygen atoms in total. The van der Waals surface area contributed by atoms with Gasteiger partial charge in [-0.15, -0.1) is 0 Å². The number of aromatic nitrogens is 2. The molecule has 0 radical (unpaired) electrons. The third-order valence-corrected chi connectivity index (χ3v) is 1.38. The van der Waals surface area contributed by atoms with Gasteiger partial charge in [-0.2, -0.15) is 5.10 Å². The van der Waals surface area contributed by atoms with Crippen molar-refractivity contribution in [3.63, 3.8) is 0 Å². The summed E-state index contributed by atoms with van der Waals surface area (Å²) < 4.78 is 0. The Balaban J connectivity index is 2.98. The summed E-state index contributed by atoms with van der Waals surface area (Å²) in [5.74, 6) is -0.217. The molecule has 0 bridgehead atoms. The van der Waals surface area contributed by atoms with E-state index in [0.29, 0.717) is 11.3 Å². The van der Waals surface area contributed by atoms with Crippen molar-refractivity contribution in [3.8, 4) is 0 Å². The van der Waals surface area contributed by atoms with Gasteiger partial charge in [-0.05, 0) is 0 Å². The minimum atomic E-state index is -0.217. The van der Waals surface area contributed by atoms with Gasteiger partial charge in [0.25, 0.3) is 5.91 Å². The van der Waals surface area contributed by atoms with Gasteiger partial charge in [-0.1, -0.05) is 0 Å². The maximum Gasteiger partial charge on any atom is 0.272 e. The molecule has 1 aromatic heterocycles. The third kappa shape index (κ3) is 1.50. The summed E-state index contributed by atoms with van der Waals surface area (Å²) >= 11 is 0. The number of rotatable bonds is 2. The van der Waals surface area contributed by atoms with Crippen molar-refractivity contribution in [1.29, 1.82) is 0 Å². The number of aliphatic imine (C=N–C) groups is 1. The Morgan fingerprint density at radius 1 is 1.83 bits per heavy atom. The molecule has 2 N–H and O–H groups in total. The van der Waals surface area contributed by atoms with Crippen molar-refractivity contribution in [2.45, 2.75) is 0 Å². The average molecular weight is 166 g/mol. The molecule has 0 aromatic carbocycles. The summed E-state index contributed by atoms with van der Waals surface area (Å²) in [6.45, 7) is 0. The van der Waals surface area contributed by atoms with Crippen molar-refractivity contribution < 1.29 is 4.79 Å². The van der Waals surface area contributed by atoms with Crippen LogP contribution in [0.15, 0.2) is 11.2 Å². The van der Waals surface area contributed by atoms with Crippen LogP contribution in [0.5, 0.6) is 0 Å². The first-order valence-corrected chi connectivity index (χ1v) is 3.47. The first-order chi connectivity index (χ1) is 5.79. The van der Waals surface area contributed by atoms with E-state index in [2.05, 4.69) is 20.5 Å². The molecule has 0 saturated heterocycles. The van der Waals surface area contributed by atoms with E-state index in [1.807, 2.05) is 0 Å². The van der Waals surface area contributed by atoms with Gasteiger partial charge < -0.3 is 5.32 Å². The summed E-state index contributed by atoms with van der Waals surface area (Å²) in [5.41, 5.74) is 1.06. The van der Waals surface area contributed by atoms with Crippen LogP contribution in [-0.2, 0) is 0 Å². The zero-order chi connectivity index (χ0) is 8.97. The molecule has 0 aliphatic carbocycles. The van der Waals surface area contributed by atoms with Crippen molar-refractivity contribution >= 4 is 12.1 Å². The van der Waals surface area contributed by atoms with Crippen LogP contribution in [-0.4, -0.2) is 36.4 Å². The van der Waals surface area contributed by atoms with Crippen molar-refractivity contribution in [1.82, 2.24) is 15.5 Å². The number of hydrogen-bond donors (Lipinski definition) is 2. The molecule has 0 unspecified atom stereocenters. The molecule has 5 heteroatoms. The lowest BCUT2D eigenvalue weighted by Crippen LogP contribution is -2.19. The Labute approximate surface area is 69.9 Å². The minimum absolute atomic E-state index is 0.217. The summed E-state index contributed by atoms with van der Waals surface area (Å²) in [6, 6.07) is 0. The van der Waals surface area contributed by atoms with Crippen LogP contribution in [0.25, 0.3) is 0 Å². The van der Waals surface area contributed by atoms with Crippen molar-refractivity contribution in [3.05, 3.63) is 17.5 Å².